The van der Waals surface area contributed by atoms with E-state index in [0.717, 1.165) is 0 Å². The zero-order chi connectivity index (χ0) is 10.6. The lowest BCUT2D eigenvalue weighted by Gasteiger charge is -2.06. The minimum Gasteiger partial charge on any atom is -0.491 e. The van der Waals surface area contributed by atoms with Crippen molar-refractivity contribution in [1.82, 2.24) is 0 Å². The molecule has 0 fully saturated rings. The molecule has 1 amide bonds. The van der Waals surface area contributed by atoms with Gasteiger partial charge in [0.25, 0.3) is 0 Å². The number of anilines is 1. The van der Waals surface area contributed by atoms with Crippen LogP contribution in [0, 0.1) is 5.82 Å². The first-order chi connectivity index (χ1) is 6.63. The van der Waals surface area contributed by atoms with E-state index in [2.05, 4.69) is 5.32 Å². The van der Waals surface area contributed by atoms with Crippen molar-refractivity contribution in [1.29, 1.82) is 0 Å². The molecule has 0 radical (unpaired) electrons. The molecule has 0 saturated heterocycles. The molecule has 76 valence electrons. The van der Waals surface area contributed by atoms with E-state index in [-0.39, 0.29) is 11.7 Å². The zero-order valence-electron chi connectivity index (χ0n) is 8.13. The number of carbonyl (C=O) groups is 1. The second kappa shape index (κ2) is 4.60. The fraction of sp³-hybridized carbons (Fsp3) is 0.300. The minimum absolute atomic E-state index is 0.196. The number of benzene rings is 1. The summed E-state index contributed by atoms with van der Waals surface area (Å²) in [6.07, 6.45) is 0. The second-order valence-corrected chi connectivity index (χ2v) is 2.76. The molecule has 0 atom stereocenters. The van der Waals surface area contributed by atoms with E-state index < -0.39 is 5.82 Å². The van der Waals surface area contributed by atoms with Crippen molar-refractivity contribution >= 4 is 11.6 Å². The Kier molecular flexibility index (Phi) is 3.45. The summed E-state index contributed by atoms with van der Waals surface area (Å²) in [7, 11) is 0. The highest BCUT2D eigenvalue weighted by atomic mass is 19.1. The van der Waals surface area contributed by atoms with E-state index in [4.69, 9.17) is 4.74 Å². The fourth-order valence-corrected chi connectivity index (χ4v) is 1.05. The first kappa shape index (κ1) is 10.5. The van der Waals surface area contributed by atoms with Gasteiger partial charge in [-0.15, -0.1) is 0 Å². The van der Waals surface area contributed by atoms with Gasteiger partial charge in [-0.05, 0) is 19.1 Å². The molecule has 1 N–H and O–H groups in total. The molecule has 14 heavy (non-hydrogen) atoms. The van der Waals surface area contributed by atoms with Gasteiger partial charge in [-0.25, -0.2) is 4.39 Å². The molecule has 0 aliphatic heterocycles. The van der Waals surface area contributed by atoms with E-state index >= 15 is 0 Å². The maximum absolute atomic E-state index is 13.2. The van der Waals surface area contributed by atoms with Crippen molar-refractivity contribution in [3.05, 3.63) is 24.0 Å². The molecule has 1 aromatic rings. The minimum atomic E-state index is -0.474. The molecule has 0 heterocycles. The molecule has 0 saturated carbocycles. The molecule has 0 bridgehead atoms. The SMILES string of the molecule is CCOc1ccc(NC(C)=O)cc1F. The molecule has 4 heteroatoms. The summed E-state index contributed by atoms with van der Waals surface area (Å²) in [6, 6.07) is 4.31. The topological polar surface area (TPSA) is 38.3 Å². The third kappa shape index (κ3) is 2.73. The Bertz CT molecular complexity index is 339. The van der Waals surface area contributed by atoms with Crippen LogP contribution in [0.2, 0.25) is 0 Å². The van der Waals surface area contributed by atoms with Crippen LogP contribution < -0.4 is 10.1 Å². The normalized spacial score (nSPS) is 9.64. The maximum Gasteiger partial charge on any atom is 0.221 e. The predicted octanol–water partition coefficient (Wildman–Crippen LogP) is 2.18. The standard InChI is InChI=1S/C10H12FNO2/c1-3-14-10-5-4-8(6-9(10)11)12-7(2)13/h4-6H,3H2,1-2H3,(H,12,13). The van der Waals surface area contributed by atoms with E-state index in [1.165, 1.54) is 19.1 Å². The molecular weight excluding hydrogens is 185 g/mol. The average Bonchev–Trinajstić information content (AvgIpc) is 2.09. The van der Waals surface area contributed by atoms with Gasteiger partial charge in [0.05, 0.1) is 6.61 Å². The number of amides is 1. The first-order valence-electron chi connectivity index (χ1n) is 4.33. The van der Waals surface area contributed by atoms with Crippen LogP contribution in [-0.2, 0) is 4.79 Å². The van der Waals surface area contributed by atoms with Gasteiger partial charge in [0.2, 0.25) is 5.91 Å². The van der Waals surface area contributed by atoms with Crippen LogP contribution in [0.4, 0.5) is 10.1 Å². The lowest BCUT2D eigenvalue weighted by Crippen LogP contribution is -2.06. The highest BCUT2D eigenvalue weighted by Crippen LogP contribution is 2.20. The van der Waals surface area contributed by atoms with Gasteiger partial charge in [-0.3, -0.25) is 4.79 Å². The third-order valence-electron chi connectivity index (χ3n) is 1.55. The van der Waals surface area contributed by atoms with E-state index in [9.17, 15) is 9.18 Å². The molecule has 0 unspecified atom stereocenters. The Hall–Kier alpha value is -1.58. The van der Waals surface area contributed by atoms with Crippen molar-refractivity contribution in [2.24, 2.45) is 0 Å². The van der Waals surface area contributed by atoms with Crippen LogP contribution in [0.25, 0.3) is 0 Å². The van der Waals surface area contributed by atoms with Gasteiger partial charge < -0.3 is 10.1 Å². The maximum atomic E-state index is 13.2. The first-order valence-corrected chi connectivity index (χ1v) is 4.33. The predicted molar refractivity (Wildman–Crippen MR) is 51.9 cm³/mol. The smallest absolute Gasteiger partial charge is 0.221 e. The van der Waals surface area contributed by atoms with Crippen LogP contribution in [-0.4, -0.2) is 12.5 Å². The monoisotopic (exact) mass is 197 g/mol. The summed E-state index contributed by atoms with van der Waals surface area (Å²) in [5.41, 5.74) is 0.429. The third-order valence-corrected chi connectivity index (χ3v) is 1.55. The molecule has 0 aliphatic carbocycles. The quantitative estimate of drug-likeness (QED) is 0.806. The number of carbonyl (C=O) groups excluding carboxylic acids is 1. The van der Waals surface area contributed by atoms with Crippen molar-refractivity contribution in [3.8, 4) is 5.75 Å². The van der Waals surface area contributed by atoms with Gasteiger partial charge >= 0.3 is 0 Å². The van der Waals surface area contributed by atoms with Crippen LogP contribution >= 0.6 is 0 Å². The number of hydrogen-bond donors (Lipinski definition) is 1. The van der Waals surface area contributed by atoms with E-state index in [1.807, 2.05) is 0 Å². The fourth-order valence-electron chi connectivity index (χ4n) is 1.05. The molecule has 3 nitrogen and oxygen atoms in total. The second-order valence-electron chi connectivity index (χ2n) is 2.76. The summed E-state index contributed by atoms with van der Waals surface area (Å²) in [5, 5.41) is 2.48. The van der Waals surface area contributed by atoms with Crippen LogP contribution in [0.3, 0.4) is 0 Å². The molecule has 0 spiro atoms. The lowest BCUT2D eigenvalue weighted by atomic mass is 10.3. The Morgan fingerprint density at radius 3 is 2.79 bits per heavy atom. The van der Waals surface area contributed by atoms with Crippen LogP contribution in [0.1, 0.15) is 13.8 Å². The van der Waals surface area contributed by atoms with E-state index in [0.29, 0.717) is 12.3 Å². The van der Waals surface area contributed by atoms with Gasteiger partial charge in [-0.1, -0.05) is 0 Å². The number of halogens is 1. The number of hydrogen-bond acceptors (Lipinski definition) is 2. The van der Waals surface area contributed by atoms with Gasteiger partial charge in [0, 0.05) is 18.7 Å². The van der Waals surface area contributed by atoms with Crippen LogP contribution in [0.15, 0.2) is 18.2 Å². The van der Waals surface area contributed by atoms with Gasteiger partial charge in [-0.2, -0.15) is 0 Å². The number of ether oxygens (including phenoxy) is 1. The van der Waals surface area contributed by atoms with Crippen molar-refractivity contribution in [3.63, 3.8) is 0 Å². The average molecular weight is 197 g/mol. The van der Waals surface area contributed by atoms with E-state index in [1.54, 1.807) is 13.0 Å². The Labute approximate surface area is 81.9 Å². The number of nitrogens with one attached hydrogen (secondary N) is 1. The Morgan fingerprint density at radius 1 is 1.57 bits per heavy atom. The lowest BCUT2D eigenvalue weighted by molar-refractivity contribution is -0.114. The van der Waals surface area contributed by atoms with Crippen molar-refractivity contribution in [2.45, 2.75) is 13.8 Å². The zero-order valence-corrected chi connectivity index (χ0v) is 8.13. The van der Waals surface area contributed by atoms with Crippen LogP contribution in [0.5, 0.6) is 5.75 Å². The Balaban J connectivity index is 2.83. The summed E-state index contributed by atoms with van der Waals surface area (Å²) in [5.74, 6) is -0.506. The Morgan fingerprint density at radius 2 is 2.29 bits per heavy atom. The number of rotatable bonds is 3. The highest BCUT2D eigenvalue weighted by Gasteiger charge is 2.04. The van der Waals surface area contributed by atoms with Gasteiger partial charge in [0.15, 0.2) is 11.6 Å². The summed E-state index contributed by atoms with van der Waals surface area (Å²) < 4.78 is 18.2. The molecule has 1 rings (SSSR count). The van der Waals surface area contributed by atoms with Crippen molar-refractivity contribution < 1.29 is 13.9 Å². The molecule has 0 aliphatic rings. The molecule has 0 aromatic heterocycles. The molecule has 1 aromatic carbocycles. The van der Waals surface area contributed by atoms with Crippen molar-refractivity contribution in [2.75, 3.05) is 11.9 Å². The summed E-state index contributed by atoms with van der Waals surface area (Å²) >= 11 is 0. The molecular formula is C10H12FNO2. The largest absolute Gasteiger partial charge is 0.491 e. The highest BCUT2D eigenvalue weighted by molar-refractivity contribution is 5.88. The summed E-state index contributed by atoms with van der Waals surface area (Å²) in [4.78, 5) is 10.7. The summed E-state index contributed by atoms with van der Waals surface area (Å²) in [6.45, 7) is 3.56. The van der Waals surface area contributed by atoms with Gasteiger partial charge in [0.1, 0.15) is 0 Å².